The van der Waals surface area contributed by atoms with E-state index in [9.17, 15) is 9.59 Å². The van der Waals surface area contributed by atoms with Crippen LogP contribution >= 0.6 is 0 Å². The first-order valence-electron chi connectivity index (χ1n) is 8.50. The summed E-state index contributed by atoms with van der Waals surface area (Å²) in [7, 11) is 1.70. The molecule has 5 nitrogen and oxygen atoms in total. The third-order valence-electron chi connectivity index (χ3n) is 3.89. The van der Waals surface area contributed by atoms with Crippen LogP contribution in [0, 0.1) is 11.8 Å². The van der Waals surface area contributed by atoms with E-state index < -0.39 is 5.60 Å². The maximum Gasteiger partial charge on any atom is 0.407 e. The van der Waals surface area contributed by atoms with Crippen molar-refractivity contribution < 1.29 is 14.3 Å². The summed E-state index contributed by atoms with van der Waals surface area (Å²) in [5, 5.41) is 5.52. The highest BCUT2D eigenvalue weighted by atomic mass is 16.6. The van der Waals surface area contributed by atoms with Gasteiger partial charge in [0.2, 0.25) is 5.91 Å². The fourth-order valence-corrected chi connectivity index (χ4v) is 2.47. The van der Waals surface area contributed by atoms with Crippen molar-refractivity contribution in [3.8, 4) is 0 Å². The van der Waals surface area contributed by atoms with Gasteiger partial charge in [-0.1, -0.05) is 19.3 Å². The molecule has 0 aliphatic heterocycles. The molecule has 0 spiro atoms. The van der Waals surface area contributed by atoms with E-state index >= 15 is 0 Å². The molecule has 1 aliphatic rings. The van der Waals surface area contributed by atoms with Gasteiger partial charge in [0, 0.05) is 19.5 Å². The molecule has 1 fully saturated rings. The van der Waals surface area contributed by atoms with Gasteiger partial charge in [0.15, 0.2) is 0 Å². The molecule has 0 bridgehead atoms. The van der Waals surface area contributed by atoms with E-state index in [-0.39, 0.29) is 17.9 Å². The van der Waals surface area contributed by atoms with Gasteiger partial charge in [-0.15, -0.1) is 0 Å². The Balaban J connectivity index is 2.13. The fourth-order valence-electron chi connectivity index (χ4n) is 2.47. The second-order valence-corrected chi connectivity index (χ2v) is 7.26. The highest BCUT2D eigenvalue weighted by molar-refractivity contribution is 5.78. The molecule has 0 aromatic carbocycles. The van der Waals surface area contributed by atoms with Crippen molar-refractivity contribution in [2.24, 2.45) is 11.8 Å². The summed E-state index contributed by atoms with van der Waals surface area (Å²) in [5.41, 5.74) is -0.461. The number of nitrogens with one attached hydrogen (secondary N) is 2. The van der Waals surface area contributed by atoms with E-state index in [1.807, 2.05) is 20.8 Å². The minimum Gasteiger partial charge on any atom is -0.444 e. The normalized spacial score (nSPS) is 16.0. The number of alkyl carbamates (subject to hydrolysis) is 1. The van der Waals surface area contributed by atoms with Crippen molar-refractivity contribution in [3.63, 3.8) is 0 Å². The number of ether oxygens (including phenoxy) is 1. The maximum absolute atomic E-state index is 11.9. The van der Waals surface area contributed by atoms with Gasteiger partial charge >= 0.3 is 6.09 Å². The van der Waals surface area contributed by atoms with Gasteiger partial charge in [0.25, 0.3) is 0 Å². The van der Waals surface area contributed by atoms with Gasteiger partial charge in [-0.25, -0.2) is 4.79 Å². The molecular formula is C17H32N2O3. The van der Waals surface area contributed by atoms with Crippen LogP contribution in [0.2, 0.25) is 0 Å². The summed E-state index contributed by atoms with van der Waals surface area (Å²) in [4.78, 5) is 23.4. The third kappa shape index (κ3) is 8.90. The number of carbonyl (C=O) groups excluding carboxylic acids is 2. The number of hydrogen-bond donors (Lipinski definition) is 2. The monoisotopic (exact) mass is 312 g/mol. The summed E-state index contributed by atoms with van der Waals surface area (Å²) in [6.07, 6.45) is 7.17. The number of carbonyl (C=O) groups is 2. The zero-order valence-corrected chi connectivity index (χ0v) is 14.5. The first-order chi connectivity index (χ1) is 10.3. The highest BCUT2D eigenvalue weighted by Crippen LogP contribution is 2.35. The lowest BCUT2D eigenvalue weighted by Crippen LogP contribution is -2.33. The molecule has 2 amide bonds. The Morgan fingerprint density at radius 2 is 1.86 bits per heavy atom. The Hall–Kier alpha value is -1.26. The van der Waals surface area contributed by atoms with Crippen molar-refractivity contribution in [3.05, 3.63) is 0 Å². The van der Waals surface area contributed by atoms with Crippen molar-refractivity contribution in [1.29, 1.82) is 0 Å². The first-order valence-corrected chi connectivity index (χ1v) is 8.50. The van der Waals surface area contributed by atoms with Crippen LogP contribution in [0.25, 0.3) is 0 Å². The molecule has 2 N–H and O–H groups in total. The SMILES string of the molecule is CNC(=O)C(CCCCNC(=O)OC(C)(C)C)CCC1CC1. The first kappa shape index (κ1) is 18.8. The van der Waals surface area contributed by atoms with Crippen LogP contribution in [0.15, 0.2) is 0 Å². The number of unbranched alkanes of at least 4 members (excludes halogenated alkanes) is 1. The van der Waals surface area contributed by atoms with Crippen molar-refractivity contribution in [1.82, 2.24) is 10.6 Å². The molecule has 0 radical (unpaired) electrons. The highest BCUT2D eigenvalue weighted by Gasteiger charge is 2.24. The van der Waals surface area contributed by atoms with Gasteiger partial charge in [0.1, 0.15) is 5.60 Å². The molecule has 0 aromatic heterocycles. The minimum absolute atomic E-state index is 0.118. The lowest BCUT2D eigenvalue weighted by atomic mass is 9.94. The van der Waals surface area contributed by atoms with Crippen molar-refractivity contribution in [2.45, 2.75) is 71.3 Å². The molecule has 1 unspecified atom stereocenters. The summed E-state index contributed by atoms with van der Waals surface area (Å²) >= 11 is 0. The van der Waals surface area contributed by atoms with Gasteiger partial charge in [-0.2, -0.15) is 0 Å². The van der Waals surface area contributed by atoms with Crippen LogP contribution in [0.5, 0.6) is 0 Å². The van der Waals surface area contributed by atoms with Crippen LogP contribution in [0.3, 0.4) is 0 Å². The van der Waals surface area contributed by atoms with Crippen LogP contribution in [-0.4, -0.2) is 31.2 Å². The van der Waals surface area contributed by atoms with Crippen LogP contribution < -0.4 is 10.6 Å². The second kappa shape index (κ2) is 9.01. The predicted molar refractivity (Wildman–Crippen MR) is 87.6 cm³/mol. The Morgan fingerprint density at radius 3 is 2.41 bits per heavy atom. The maximum atomic E-state index is 11.9. The Labute approximate surface area is 134 Å². The zero-order valence-electron chi connectivity index (χ0n) is 14.5. The molecule has 5 heteroatoms. The van der Waals surface area contributed by atoms with Crippen LogP contribution in [0.1, 0.15) is 65.7 Å². The molecule has 0 aromatic rings. The molecule has 1 saturated carbocycles. The molecule has 0 heterocycles. The predicted octanol–water partition coefficient (Wildman–Crippen LogP) is 3.23. The molecule has 128 valence electrons. The average Bonchev–Trinajstić information content (AvgIpc) is 3.23. The quantitative estimate of drug-likeness (QED) is 0.642. The molecule has 22 heavy (non-hydrogen) atoms. The molecular weight excluding hydrogens is 280 g/mol. The minimum atomic E-state index is -0.461. The standard InChI is InChI=1S/C17H32N2O3/c1-17(2,3)22-16(21)19-12-6-5-7-14(15(20)18-4)11-10-13-8-9-13/h13-14H,5-12H2,1-4H3,(H,18,20)(H,19,21). The number of amides is 2. The van der Waals surface area contributed by atoms with Crippen LogP contribution in [0.4, 0.5) is 4.79 Å². The van der Waals surface area contributed by atoms with Crippen molar-refractivity contribution in [2.75, 3.05) is 13.6 Å². The van der Waals surface area contributed by atoms with E-state index in [0.717, 1.165) is 31.6 Å². The van der Waals surface area contributed by atoms with E-state index in [0.29, 0.717) is 6.54 Å². The Kier molecular flexibility index (Phi) is 7.69. The van der Waals surface area contributed by atoms with Gasteiger partial charge in [0.05, 0.1) is 0 Å². The summed E-state index contributed by atoms with van der Waals surface area (Å²) in [5.74, 6) is 1.13. The van der Waals surface area contributed by atoms with E-state index in [2.05, 4.69) is 10.6 Å². The van der Waals surface area contributed by atoms with E-state index in [1.165, 1.54) is 19.3 Å². The van der Waals surface area contributed by atoms with Gasteiger partial charge in [-0.05, 0) is 52.4 Å². The largest absolute Gasteiger partial charge is 0.444 e. The van der Waals surface area contributed by atoms with E-state index in [1.54, 1.807) is 7.05 Å². The van der Waals surface area contributed by atoms with E-state index in [4.69, 9.17) is 4.74 Å². The van der Waals surface area contributed by atoms with Gasteiger partial charge in [-0.3, -0.25) is 4.79 Å². The average molecular weight is 312 g/mol. The van der Waals surface area contributed by atoms with Crippen LogP contribution in [-0.2, 0) is 9.53 Å². The zero-order chi connectivity index (χ0) is 16.6. The lowest BCUT2D eigenvalue weighted by Gasteiger charge is -2.19. The molecule has 0 saturated heterocycles. The summed E-state index contributed by atoms with van der Waals surface area (Å²) in [6.45, 7) is 6.14. The number of rotatable bonds is 9. The molecule has 1 atom stereocenters. The topological polar surface area (TPSA) is 67.4 Å². The van der Waals surface area contributed by atoms with Crippen molar-refractivity contribution >= 4 is 12.0 Å². The smallest absolute Gasteiger partial charge is 0.407 e. The second-order valence-electron chi connectivity index (χ2n) is 7.26. The molecule has 1 rings (SSSR count). The summed E-state index contributed by atoms with van der Waals surface area (Å²) < 4.78 is 5.18. The van der Waals surface area contributed by atoms with Gasteiger partial charge < -0.3 is 15.4 Å². The number of hydrogen-bond acceptors (Lipinski definition) is 3. The Bertz CT molecular complexity index is 359. The summed E-state index contributed by atoms with van der Waals surface area (Å²) in [6, 6.07) is 0. The lowest BCUT2D eigenvalue weighted by molar-refractivity contribution is -0.125. The fraction of sp³-hybridized carbons (Fsp3) is 0.882. The third-order valence-corrected chi connectivity index (χ3v) is 3.89. The Morgan fingerprint density at radius 1 is 1.18 bits per heavy atom. The molecule has 1 aliphatic carbocycles.